The molecule has 1 atom stereocenters. The molecule has 1 amide bonds. The fourth-order valence-corrected chi connectivity index (χ4v) is 2.76. The lowest BCUT2D eigenvalue weighted by Gasteiger charge is -2.26. The van der Waals surface area contributed by atoms with Crippen LogP contribution in [-0.4, -0.2) is 47.3 Å². The van der Waals surface area contributed by atoms with Crippen LogP contribution in [0.15, 0.2) is 0 Å². The third-order valence-electron chi connectivity index (χ3n) is 4.27. The molecule has 1 unspecified atom stereocenters. The first-order chi connectivity index (χ1) is 10.2. The maximum Gasteiger partial charge on any atom is 0.220 e. The Bertz CT molecular complexity index is 491. The average molecular weight is 308 g/mol. The summed E-state index contributed by atoms with van der Waals surface area (Å²) in [6, 6.07) is 0.394. The number of carbonyl (C=O) groups excluding carboxylic acids is 1. The zero-order valence-electron chi connectivity index (χ0n) is 15.2. The number of likely N-dealkylation sites (N-methyl/N-ethyl adjacent to an activating group) is 1. The van der Waals surface area contributed by atoms with Gasteiger partial charge < -0.3 is 10.2 Å². The quantitative estimate of drug-likeness (QED) is 0.800. The Kier molecular flexibility index (Phi) is 7.07. The lowest BCUT2D eigenvalue weighted by molar-refractivity contribution is -0.121. The Hall–Kier alpha value is -1.36. The molecule has 22 heavy (non-hydrogen) atoms. The summed E-state index contributed by atoms with van der Waals surface area (Å²) >= 11 is 0. The molecule has 0 saturated carbocycles. The van der Waals surface area contributed by atoms with Crippen LogP contribution in [-0.2, 0) is 18.3 Å². The van der Waals surface area contributed by atoms with Gasteiger partial charge in [0.1, 0.15) is 0 Å². The minimum absolute atomic E-state index is 0.123. The van der Waals surface area contributed by atoms with Crippen molar-refractivity contribution in [2.75, 3.05) is 20.6 Å². The first kappa shape index (κ1) is 18.7. The highest BCUT2D eigenvalue weighted by atomic mass is 16.1. The predicted molar refractivity (Wildman–Crippen MR) is 90.9 cm³/mol. The van der Waals surface area contributed by atoms with Crippen LogP contribution in [0.1, 0.15) is 43.6 Å². The molecule has 1 aromatic rings. The van der Waals surface area contributed by atoms with E-state index in [2.05, 4.69) is 50.2 Å². The first-order valence-electron chi connectivity index (χ1n) is 8.14. The summed E-state index contributed by atoms with van der Waals surface area (Å²) in [4.78, 5) is 14.3. The third kappa shape index (κ3) is 5.44. The molecule has 5 heteroatoms. The van der Waals surface area contributed by atoms with Crippen LogP contribution in [0, 0.1) is 19.8 Å². The van der Waals surface area contributed by atoms with Gasteiger partial charge in [0.15, 0.2) is 0 Å². The van der Waals surface area contributed by atoms with Crippen LogP contribution in [0.25, 0.3) is 0 Å². The molecule has 1 rings (SSSR count). The Morgan fingerprint density at radius 2 is 1.95 bits per heavy atom. The summed E-state index contributed by atoms with van der Waals surface area (Å²) in [5.74, 6) is 0.753. The fraction of sp³-hybridized carbons (Fsp3) is 0.765. The highest BCUT2D eigenvalue weighted by Gasteiger charge is 2.15. The Morgan fingerprint density at radius 1 is 1.32 bits per heavy atom. The van der Waals surface area contributed by atoms with Crippen molar-refractivity contribution in [2.45, 2.75) is 53.0 Å². The van der Waals surface area contributed by atoms with Crippen LogP contribution in [0.4, 0.5) is 0 Å². The van der Waals surface area contributed by atoms with Gasteiger partial charge in [-0.3, -0.25) is 9.48 Å². The molecular formula is C17H32N4O. The minimum atomic E-state index is 0.123. The summed E-state index contributed by atoms with van der Waals surface area (Å²) in [6.07, 6.45) is 2.37. The number of hydrogen-bond acceptors (Lipinski definition) is 3. The van der Waals surface area contributed by atoms with Gasteiger partial charge in [0, 0.05) is 31.7 Å². The Labute approximate surface area is 135 Å². The molecule has 0 aliphatic rings. The normalized spacial score (nSPS) is 13.0. The van der Waals surface area contributed by atoms with E-state index in [0.29, 0.717) is 18.4 Å². The molecule has 1 aromatic heterocycles. The maximum absolute atomic E-state index is 12.1. The van der Waals surface area contributed by atoms with Crippen molar-refractivity contribution in [1.82, 2.24) is 20.0 Å². The summed E-state index contributed by atoms with van der Waals surface area (Å²) < 4.78 is 1.88. The number of hydrogen-bond donors (Lipinski definition) is 1. The molecule has 1 N–H and O–H groups in total. The number of carbonyl (C=O) groups is 1. The van der Waals surface area contributed by atoms with Gasteiger partial charge in [-0.2, -0.15) is 5.10 Å². The van der Waals surface area contributed by atoms with Crippen LogP contribution in [0.2, 0.25) is 0 Å². The molecule has 0 aliphatic heterocycles. The van der Waals surface area contributed by atoms with Crippen molar-refractivity contribution < 1.29 is 4.79 Å². The van der Waals surface area contributed by atoms with Crippen molar-refractivity contribution in [3.63, 3.8) is 0 Å². The molecule has 5 nitrogen and oxygen atoms in total. The molecule has 0 aromatic carbocycles. The van der Waals surface area contributed by atoms with E-state index in [1.54, 1.807) is 0 Å². The van der Waals surface area contributed by atoms with E-state index in [9.17, 15) is 4.79 Å². The van der Waals surface area contributed by atoms with Gasteiger partial charge in [-0.1, -0.05) is 13.8 Å². The van der Waals surface area contributed by atoms with Crippen molar-refractivity contribution in [2.24, 2.45) is 13.0 Å². The number of aromatic nitrogens is 2. The molecule has 0 fully saturated rings. The largest absolute Gasteiger partial charge is 0.355 e. The molecule has 126 valence electrons. The van der Waals surface area contributed by atoms with E-state index < -0.39 is 0 Å². The zero-order valence-corrected chi connectivity index (χ0v) is 15.2. The van der Waals surface area contributed by atoms with Crippen LogP contribution >= 0.6 is 0 Å². The molecule has 0 saturated heterocycles. The van der Waals surface area contributed by atoms with Crippen LogP contribution in [0.5, 0.6) is 0 Å². The highest BCUT2D eigenvalue weighted by Crippen LogP contribution is 2.14. The second kappa shape index (κ2) is 8.32. The zero-order chi connectivity index (χ0) is 16.9. The monoisotopic (exact) mass is 308 g/mol. The fourth-order valence-electron chi connectivity index (χ4n) is 2.76. The van der Waals surface area contributed by atoms with Gasteiger partial charge in [-0.15, -0.1) is 0 Å². The van der Waals surface area contributed by atoms with Gasteiger partial charge in [0.25, 0.3) is 0 Å². The molecule has 0 radical (unpaired) electrons. The molecular weight excluding hydrogens is 276 g/mol. The van der Waals surface area contributed by atoms with Crippen LogP contribution < -0.4 is 5.32 Å². The van der Waals surface area contributed by atoms with E-state index in [-0.39, 0.29) is 5.91 Å². The molecule has 0 bridgehead atoms. The second-order valence-electron chi connectivity index (χ2n) is 6.82. The summed E-state index contributed by atoms with van der Waals surface area (Å²) in [6.45, 7) is 9.20. The smallest absolute Gasteiger partial charge is 0.220 e. The van der Waals surface area contributed by atoms with E-state index in [1.165, 1.54) is 5.56 Å². The summed E-state index contributed by atoms with van der Waals surface area (Å²) in [7, 11) is 6.09. The van der Waals surface area contributed by atoms with Gasteiger partial charge in [0.05, 0.1) is 5.69 Å². The topological polar surface area (TPSA) is 50.2 Å². The highest BCUT2D eigenvalue weighted by molar-refractivity contribution is 5.76. The number of amides is 1. The Morgan fingerprint density at radius 3 is 2.41 bits per heavy atom. The Balaban J connectivity index is 2.46. The van der Waals surface area contributed by atoms with E-state index in [4.69, 9.17) is 0 Å². The number of aryl methyl sites for hydroxylation is 2. The number of rotatable bonds is 8. The number of nitrogens with zero attached hydrogens (tertiary/aromatic N) is 3. The van der Waals surface area contributed by atoms with E-state index in [0.717, 1.165) is 30.8 Å². The third-order valence-corrected chi connectivity index (χ3v) is 4.27. The number of nitrogens with one attached hydrogen (secondary N) is 1. The van der Waals surface area contributed by atoms with Gasteiger partial charge in [-0.05, 0) is 52.3 Å². The van der Waals surface area contributed by atoms with E-state index >= 15 is 0 Å². The lowest BCUT2D eigenvalue weighted by Crippen LogP contribution is -2.41. The van der Waals surface area contributed by atoms with Crippen molar-refractivity contribution in [1.29, 1.82) is 0 Å². The van der Waals surface area contributed by atoms with Crippen molar-refractivity contribution in [3.05, 3.63) is 17.0 Å². The maximum atomic E-state index is 12.1. The van der Waals surface area contributed by atoms with E-state index in [1.807, 2.05) is 18.7 Å². The van der Waals surface area contributed by atoms with Crippen LogP contribution in [0.3, 0.4) is 0 Å². The lowest BCUT2D eigenvalue weighted by atomic mass is 10.0. The second-order valence-corrected chi connectivity index (χ2v) is 6.82. The summed E-state index contributed by atoms with van der Waals surface area (Å²) in [5, 5.41) is 7.47. The molecule has 0 spiro atoms. The van der Waals surface area contributed by atoms with Gasteiger partial charge in [0.2, 0.25) is 5.91 Å². The predicted octanol–water partition coefficient (Wildman–Crippen LogP) is 2.06. The minimum Gasteiger partial charge on any atom is -0.355 e. The SMILES string of the molecule is Cc1nn(C)c(C)c1CCC(=O)NCC(CC(C)C)N(C)C. The standard InChI is InChI=1S/C17H32N4O/c1-12(2)10-15(20(5)6)11-18-17(22)9-8-16-13(3)19-21(7)14(16)4/h12,15H,8-11H2,1-7H3,(H,18,22). The molecule has 1 heterocycles. The average Bonchev–Trinajstić information content (AvgIpc) is 2.65. The first-order valence-corrected chi connectivity index (χ1v) is 8.14. The summed E-state index contributed by atoms with van der Waals surface area (Å²) in [5.41, 5.74) is 3.37. The van der Waals surface area contributed by atoms with Gasteiger partial charge in [-0.25, -0.2) is 0 Å². The van der Waals surface area contributed by atoms with Crippen molar-refractivity contribution >= 4 is 5.91 Å². The van der Waals surface area contributed by atoms with Crippen molar-refractivity contribution in [3.8, 4) is 0 Å². The molecule has 0 aliphatic carbocycles. The van der Waals surface area contributed by atoms with Gasteiger partial charge >= 0.3 is 0 Å².